The number of hydrogen-bond acceptors (Lipinski definition) is 4. The average Bonchev–Trinajstić information content (AvgIpc) is 3.12. The number of nitrogens with one attached hydrogen (secondary N) is 1. The fourth-order valence-corrected chi connectivity index (χ4v) is 4.47. The molecule has 0 saturated carbocycles. The lowest BCUT2D eigenvalue weighted by molar-refractivity contribution is 0.0943. The molecule has 3 rings (SSSR count). The van der Waals surface area contributed by atoms with Crippen LogP contribution in [-0.4, -0.2) is 32.7 Å². The molecular formula is C21H25NO4S. The van der Waals surface area contributed by atoms with Crippen LogP contribution in [0.4, 0.5) is 0 Å². The molecule has 1 amide bonds. The van der Waals surface area contributed by atoms with E-state index in [1.165, 1.54) is 29.7 Å². The number of ether oxygens (including phenoxy) is 1. The van der Waals surface area contributed by atoms with Gasteiger partial charge in [-0.05, 0) is 68.5 Å². The van der Waals surface area contributed by atoms with Crippen LogP contribution in [-0.2, 0) is 22.7 Å². The van der Waals surface area contributed by atoms with E-state index in [1.54, 1.807) is 26.0 Å². The number of carbonyl (C=O) groups excluding carboxylic acids is 1. The zero-order chi connectivity index (χ0) is 19.4. The van der Waals surface area contributed by atoms with E-state index in [4.69, 9.17) is 4.74 Å². The number of hydrogen-bond donors (Lipinski definition) is 1. The molecule has 0 heterocycles. The summed E-state index contributed by atoms with van der Waals surface area (Å²) in [5, 5.41) is 2.16. The van der Waals surface area contributed by atoms with Crippen LogP contribution in [0.2, 0.25) is 0 Å². The molecule has 6 heteroatoms. The van der Waals surface area contributed by atoms with E-state index < -0.39 is 21.0 Å². The van der Waals surface area contributed by atoms with Gasteiger partial charge in [0.1, 0.15) is 12.4 Å². The van der Waals surface area contributed by atoms with Crippen LogP contribution in [0.1, 0.15) is 41.8 Å². The van der Waals surface area contributed by atoms with Crippen molar-refractivity contribution in [1.82, 2.24) is 5.32 Å². The maximum atomic E-state index is 12.5. The van der Waals surface area contributed by atoms with Crippen molar-refractivity contribution in [3.63, 3.8) is 0 Å². The third kappa shape index (κ3) is 4.33. The van der Waals surface area contributed by atoms with Gasteiger partial charge >= 0.3 is 0 Å². The molecule has 0 unspecified atom stereocenters. The van der Waals surface area contributed by atoms with Gasteiger partial charge in [0.15, 0.2) is 9.84 Å². The van der Waals surface area contributed by atoms with E-state index in [0.29, 0.717) is 13.2 Å². The van der Waals surface area contributed by atoms with Crippen LogP contribution in [0.25, 0.3) is 0 Å². The minimum absolute atomic E-state index is 0.0667. The summed E-state index contributed by atoms with van der Waals surface area (Å²) in [7, 11) is -3.52. The van der Waals surface area contributed by atoms with Crippen LogP contribution in [0.5, 0.6) is 5.75 Å². The summed E-state index contributed by atoms with van der Waals surface area (Å²) >= 11 is 0. The van der Waals surface area contributed by atoms with Crippen molar-refractivity contribution in [2.75, 3.05) is 13.2 Å². The first kappa shape index (κ1) is 19.4. The van der Waals surface area contributed by atoms with Gasteiger partial charge < -0.3 is 10.1 Å². The molecule has 5 nitrogen and oxygen atoms in total. The molecule has 1 aliphatic rings. The van der Waals surface area contributed by atoms with Gasteiger partial charge in [0.2, 0.25) is 0 Å². The summed E-state index contributed by atoms with van der Waals surface area (Å²) < 4.78 is 30.6. The van der Waals surface area contributed by atoms with Crippen molar-refractivity contribution in [3.8, 4) is 5.75 Å². The summed E-state index contributed by atoms with van der Waals surface area (Å²) in [5.41, 5.74) is 2.90. The smallest absolute Gasteiger partial charge is 0.252 e. The molecule has 0 bridgehead atoms. The van der Waals surface area contributed by atoms with Crippen LogP contribution in [0.3, 0.4) is 0 Å². The Labute approximate surface area is 160 Å². The van der Waals surface area contributed by atoms with Gasteiger partial charge in [-0.25, -0.2) is 8.42 Å². The molecule has 0 saturated heterocycles. The highest BCUT2D eigenvalue weighted by Crippen LogP contribution is 2.26. The summed E-state index contributed by atoms with van der Waals surface area (Å²) in [4.78, 5) is 12.5. The summed E-state index contributed by atoms with van der Waals surface area (Å²) in [5.74, 6) is 0.389. The van der Waals surface area contributed by atoms with Crippen LogP contribution in [0.15, 0.2) is 47.4 Å². The summed E-state index contributed by atoms with van der Waals surface area (Å²) in [6.07, 6.45) is 3.41. The Bertz CT molecular complexity index is 935. The van der Waals surface area contributed by atoms with Gasteiger partial charge in [-0.2, -0.15) is 0 Å². The number of benzene rings is 2. The molecule has 0 aromatic heterocycles. The minimum Gasteiger partial charge on any atom is -0.492 e. The third-order valence-corrected chi connectivity index (χ3v) is 7.00. The van der Waals surface area contributed by atoms with E-state index in [-0.39, 0.29) is 10.5 Å². The molecule has 2 aromatic rings. The predicted octanol–water partition coefficient (Wildman–Crippen LogP) is 3.17. The minimum atomic E-state index is -3.52. The SMILES string of the molecule is CC(C)S(=O)(=O)c1ccccc1C(=O)NCCOc1ccc2c(c1)CCC2. The molecule has 0 fully saturated rings. The molecule has 0 aliphatic heterocycles. The number of aryl methyl sites for hydroxylation is 2. The molecule has 144 valence electrons. The number of carbonyl (C=O) groups is 1. The van der Waals surface area contributed by atoms with Gasteiger partial charge in [0.25, 0.3) is 5.91 Å². The van der Waals surface area contributed by atoms with Crippen molar-refractivity contribution in [2.45, 2.75) is 43.3 Å². The highest BCUT2D eigenvalue weighted by molar-refractivity contribution is 7.92. The Hall–Kier alpha value is -2.34. The topological polar surface area (TPSA) is 72.5 Å². The van der Waals surface area contributed by atoms with Crippen molar-refractivity contribution in [3.05, 3.63) is 59.2 Å². The number of sulfone groups is 1. The van der Waals surface area contributed by atoms with E-state index >= 15 is 0 Å². The molecule has 27 heavy (non-hydrogen) atoms. The molecular weight excluding hydrogens is 362 g/mol. The first-order valence-corrected chi connectivity index (χ1v) is 10.8. The number of fused-ring (bicyclic) bond motifs is 1. The standard InChI is InChI=1S/C21H25NO4S/c1-15(2)27(24,25)20-9-4-3-8-19(20)21(23)22-12-13-26-18-11-10-16-6-5-7-17(16)14-18/h3-4,8-11,14-15H,5-7,12-13H2,1-2H3,(H,22,23). The first-order valence-electron chi connectivity index (χ1n) is 9.25. The second-order valence-corrected chi connectivity index (χ2v) is 9.45. The fourth-order valence-electron chi connectivity index (χ4n) is 3.22. The van der Waals surface area contributed by atoms with Crippen LogP contribution >= 0.6 is 0 Å². The van der Waals surface area contributed by atoms with Gasteiger partial charge in [-0.15, -0.1) is 0 Å². The zero-order valence-electron chi connectivity index (χ0n) is 15.7. The first-order chi connectivity index (χ1) is 12.9. The molecule has 1 N–H and O–H groups in total. The summed E-state index contributed by atoms with van der Waals surface area (Å²) in [6.45, 7) is 3.83. The quantitative estimate of drug-likeness (QED) is 0.741. The number of amides is 1. The average molecular weight is 388 g/mol. The summed E-state index contributed by atoms with van der Waals surface area (Å²) in [6, 6.07) is 12.4. The lowest BCUT2D eigenvalue weighted by Crippen LogP contribution is -2.30. The van der Waals surface area contributed by atoms with E-state index in [2.05, 4.69) is 17.4 Å². The highest BCUT2D eigenvalue weighted by atomic mass is 32.2. The van der Waals surface area contributed by atoms with Gasteiger partial charge in [0, 0.05) is 0 Å². The van der Waals surface area contributed by atoms with Crippen molar-refractivity contribution < 1.29 is 17.9 Å². The van der Waals surface area contributed by atoms with Crippen LogP contribution < -0.4 is 10.1 Å². The fraction of sp³-hybridized carbons (Fsp3) is 0.381. The van der Waals surface area contributed by atoms with Gasteiger partial charge in [0.05, 0.1) is 22.3 Å². The lowest BCUT2D eigenvalue weighted by Gasteiger charge is -2.13. The van der Waals surface area contributed by atoms with Crippen molar-refractivity contribution >= 4 is 15.7 Å². The second kappa shape index (κ2) is 8.13. The Kier molecular flexibility index (Phi) is 5.85. The Morgan fingerprint density at radius 2 is 1.85 bits per heavy atom. The maximum absolute atomic E-state index is 12.5. The Morgan fingerprint density at radius 3 is 2.63 bits per heavy atom. The maximum Gasteiger partial charge on any atom is 0.252 e. The van der Waals surface area contributed by atoms with Crippen LogP contribution in [0, 0.1) is 0 Å². The van der Waals surface area contributed by atoms with Gasteiger partial charge in [-0.3, -0.25) is 4.79 Å². The highest BCUT2D eigenvalue weighted by Gasteiger charge is 2.25. The van der Waals surface area contributed by atoms with E-state index in [1.807, 2.05) is 6.07 Å². The largest absolute Gasteiger partial charge is 0.492 e. The monoisotopic (exact) mass is 387 g/mol. The number of rotatable bonds is 7. The molecule has 1 aliphatic carbocycles. The molecule has 0 radical (unpaired) electrons. The normalized spacial score (nSPS) is 13.4. The van der Waals surface area contributed by atoms with E-state index in [9.17, 15) is 13.2 Å². The molecule has 0 spiro atoms. The lowest BCUT2D eigenvalue weighted by atomic mass is 10.1. The van der Waals surface area contributed by atoms with Gasteiger partial charge in [-0.1, -0.05) is 18.2 Å². The predicted molar refractivity (Wildman–Crippen MR) is 105 cm³/mol. The third-order valence-electron chi connectivity index (χ3n) is 4.79. The van der Waals surface area contributed by atoms with Crippen molar-refractivity contribution in [1.29, 1.82) is 0 Å². The Balaban J connectivity index is 1.59. The molecule has 2 aromatic carbocycles. The second-order valence-electron chi connectivity index (χ2n) is 6.98. The van der Waals surface area contributed by atoms with Crippen molar-refractivity contribution in [2.24, 2.45) is 0 Å². The zero-order valence-corrected chi connectivity index (χ0v) is 16.5. The molecule has 0 atom stereocenters. The Morgan fingerprint density at radius 1 is 1.11 bits per heavy atom. The van der Waals surface area contributed by atoms with E-state index in [0.717, 1.165) is 18.6 Å².